The van der Waals surface area contributed by atoms with E-state index in [1.165, 1.54) is 11.4 Å². The van der Waals surface area contributed by atoms with Crippen molar-refractivity contribution in [2.45, 2.75) is 25.9 Å². The van der Waals surface area contributed by atoms with Crippen LogP contribution in [0.15, 0.2) is 107 Å². The van der Waals surface area contributed by atoms with E-state index in [0.717, 1.165) is 88.3 Å². The summed E-state index contributed by atoms with van der Waals surface area (Å²) < 4.78 is 6.31. The summed E-state index contributed by atoms with van der Waals surface area (Å²) in [4.78, 5) is 34.2. The zero-order chi connectivity index (χ0) is 35.9. The molecule has 6 aromatic rings. The number of nitrogens with zero attached hydrogens (tertiary/aromatic N) is 10. The predicted molar refractivity (Wildman–Crippen MR) is 216 cm³/mol. The van der Waals surface area contributed by atoms with Crippen molar-refractivity contribution < 1.29 is 0 Å². The fourth-order valence-electron chi connectivity index (χ4n) is 6.92. The van der Waals surface area contributed by atoms with Crippen LogP contribution in [0.3, 0.4) is 0 Å². The van der Waals surface area contributed by atoms with Crippen LogP contribution in [0.5, 0.6) is 0 Å². The number of hydrogen-bond donors (Lipinski definition) is 0. The largest absolute Gasteiger partial charge is 0.369 e. The molecule has 2 saturated heterocycles. The van der Waals surface area contributed by atoms with Gasteiger partial charge in [0.15, 0.2) is 11.3 Å². The lowest BCUT2D eigenvalue weighted by Gasteiger charge is -2.36. The molecule has 0 N–H and O–H groups in total. The number of rotatable bonds is 10. The van der Waals surface area contributed by atoms with Gasteiger partial charge in [0.05, 0.1) is 0 Å². The van der Waals surface area contributed by atoms with Crippen LogP contribution in [0.1, 0.15) is 12.8 Å². The second kappa shape index (κ2) is 18.1. The van der Waals surface area contributed by atoms with Gasteiger partial charge in [-0.1, -0.05) is 47.5 Å². The molecule has 0 spiro atoms. The lowest BCUT2D eigenvalue weighted by atomic mass is 10.2. The first-order valence-electron chi connectivity index (χ1n) is 18.0. The Morgan fingerprint density at radius 1 is 0.509 bits per heavy atom. The molecule has 0 unspecified atom stereocenters. The molecule has 280 valence electrons. The first-order chi connectivity index (χ1) is 25.4. The molecule has 0 atom stereocenters. The van der Waals surface area contributed by atoms with Gasteiger partial charge in [0.1, 0.15) is 0 Å². The molecule has 0 bridgehead atoms. The third kappa shape index (κ3) is 9.62. The maximum atomic E-state index is 12.3. The van der Waals surface area contributed by atoms with E-state index >= 15 is 0 Å². The van der Waals surface area contributed by atoms with Crippen LogP contribution in [0, 0.1) is 0 Å². The first-order valence-corrected chi connectivity index (χ1v) is 18.7. The third-order valence-electron chi connectivity index (χ3n) is 9.76. The molecule has 6 heterocycles. The molecule has 53 heavy (non-hydrogen) atoms. The number of fused-ring (bicyclic) bond motifs is 2. The van der Waals surface area contributed by atoms with Gasteiger partial charge in [0.25, 0.3) is 0 Å². The first kappa shape index (κ1) is 38.4. The number of halogens is 3. The Bertz CT molecular complexity index is 2040. The van der Waals surface area contributed by atoms with E-state index in [-0.39, 0.29) is 23.8 Å². The van der Waals surface area contributed by atoms with E-state index in [2.05, 4.69) is 41.9 Å². The van der Waals surface area contributed by atoms with Crippen LogP contribution in [-0.4, -0.2) is 104 Å². The monoisotopic (exact) mass is 778 g/mol. The number of anilines is 2. The van der Waals surface area contributed by atoms with Crippen LogP contribution in [0.4, 0.5) is 11.4 Å². The maximum absolute atomic E-state index is 12.3. The number of aryl methyl sites for hydroxylation is 2. The SMILES string of the molecule is Cl.O=c1n(CCCN2CCN(c3cccc(Cl)c3)CC2)nc2ccccn12.O=c1n(CCCN2CCN(c3cccc(Cl)c3)CC2)nc2ccccn12. The van der Waals surface area contributed by atoms with E-state index in [0.29, 0.717) is 24.4 Å². The summed E-state index contributed by atoms with van der Waals surface area (Å²) in [7, 11) is 0. The normalized spacial score (nSPS) is 15.4. The van der Waals surface area contributed by atoms with Gasteiger partial charge in [-0.15, -0.1) is 22.6 Å². The fourth-order valence-corrected chi connectivity index (χ4v) is 7.29. The average Bonchev–Trinajstić information content (AvgIpc) is 3.67. The van der Waals surface area contributed by atoms with Crippen LogP contribution < -0.4 is 21.2 Å². The van der Waals surface area contributed by atoms with Gasteiger partial charge >= 0.3 is 11.4 Å². The minimum absolute atomic E-state index is 0. The minimum atomic E-state index is -0.0635. The molecule has 12 nitrogen and oxygen atoms in total. The average molecular weight is 780 g/mol. The number of hydrogen-bond acceptors (Lipinski definition) is 8. The summed E-state index contributed by atoms with van der Waals surface area (Å²) in [5.74, 6) is 0. The van der Waals surface area contributed by atoms with Crippen LogP contribution >= 0.6 is 35.6 Å². The molecule has 2 aromatic carbocycles. The smallest absolute Gasteiger partial charge is 0.350 e. The highest BCUT2D eigenvalue weighted by atomic mass is 35.5. The van der Waals surface area contributed by atoms with Gasteiger partial charge in [0.2, 0.25) is 0 Å². The summed E-state index contributed by atoms with van der Waals surface area (Å²) in [6.45, 7) is 11.3. The van der Waals surface area contributed by atoms with Gasteiger partial charge in [-0.2, -0.15) is 0 Å². The van der Waals surface area contributed by atoms with Gasteiger partial charge < -0.3 is 9.80 Å². The molecule has 8 rings (SSSR count). The van der Waals surface area contributed by atoms with Crippen LogP contribution in [-0.2, 0) is 13.1 Å². The van der Waals surface area contributed by atoms with E-state index in [4.69, 9.17) is 23.2 Å². The molecule has 0 radical (unpaired) electrons. The summed E-state index contributed by atoms with van der Waals surface area (Å²) in [5, 5.41) is 10.3. The van der Waals surface area contributed by atoms with Crippen molar-refractivity contribution in [2.24, 2.45) is 0 Å². The van der Waals surface area contributed by atoms with E-state index in [9.17, 15) is 9.59 Å². The van der Waals surface area contributed by atoms with Crippen molar-refractivity contribution in [1.29, 1.82) is 0 Å². The van der Waals surface area contributed by atoms with E-state index in [1.807, 2.05) is 72.8 Å². The molecular weight excluding hydrogens is 735 g/mol. The molecule has 0 amide bonds. The molecule has 2 fully saturated rings. The fraction of sp³-hybridized carbons (Fsp3) is 0.368. The number of piperazine rings is 2. The van der Waals surface area contributed by atoms with Crippen molar-refractivity contribution in [3.05, 3.63) is 128 Å². The Balaban J connectivity index is 0.000000178. The van der Waals surface area contributed by atoms with Crippen molar-refractivity contribution >= 4 is 58.3 Å². The van der Waals surface area contributed by atoms with Crippen molar-refractivity contribution in [2.75, 3.05) is 75.2 Å². The molecular formula is C38H45Cl3N10O2. The predicted octanol–water partition coefficient (Wildman–Crippen LogP) is 5.15. The molecule has 0 saturated carbocycles. The Morgan fingerprint density at radius 2 is 0.925 bits per heavy atom. The van der Waals surface area contributed by atoms with Gasteiger partial charge in [-0.3, -0.25) is 18.6 Å². The van der Waals surface area contributed by atoms with Crippen molar-refractivity contribution in [3.63, 3.8) is 0 Å². The van der Waals surface area contributed by atoms with Gasteiger partial charge in [0, 0.05) is 112 Å². The highest BCUT2D eigenvalue weighted by Gasteiger charge is 2.19. The summed E-state index contributed by atoms with van der Waals surface area (Å²) >= 11 is 12.2. The molecule has 2 aliphatic heterocycles. The number of pyridine rings is 2. The highest BCUT2D eigenvalue weighted by Crippen LogP contribution is 2.22. The van der Waals surface area contributed by atoms with Gasteiger partial charge in [-0.25, -0.2) is 19.0 Å². The Kier molecular flexibility index (Phi) is 13.1. The maximum Gasteiger partial charge on any atom is 0.350 e. The van der Waals surface area contributed by atoms with E-state index in [1.54, 1.807) is 30.6 Å². The Morgan fingerprint density at radius 3 is 1.30 bits per heavy atom. The lowest BCUT2D eigenvalue weighted by molar-refractivity contribution is 0.248. The van der Waals surface area contributed by atoms with E-state index < -0.39 is 0 Å². The van der Waals surface area contributed by atoms with Crippen LogP contribution in [0.25, 0.3) is 11.3 Å². The minimum Gasteiger partial charge on any atom is -0.369 e. The van der Waals surface area contributed by atoms with Crippen molar-refractivity contribution in [3.8, 4) is 0 Å². The number of aromatic nitrogens is 6. The van der Waals surface area contributed by atoms with Crippen LogP contribution in [0.2, 0.25) is 10.0 Å². The standard InChI is InChI=1S/2C19H22ClN5O.ClH/c2*20-16-5-3-6-17(15-16)23-13-11-22(12-14-23)8-4-10-25-19(26)24-9-2-1-7-18(24)21-25;/h2*1-3,5-7,9,15H,4,8,10-14H2;1H. The molecule has 15 heteroatoms. The zero-order valence-electron chi connectivity index (χ0n) is 29.6. The Labute approximate surface area is 324 Å². The molecule has 4 aromatic heterocycles. The number of benzene rings is 2. The topological polar surface area (TPSA) is 91.6 Å². The lowest BCUT2D eigenvalue weighted by Crippen LogP contribution is -2.46. The van der Waals surface area contributed by atoms with Gasteiger partial charge in [-0.05, 0) is 73.5 Å². The summed E-state index contributed by atoms with van der Waals surface area (Å²) in [6.07, 6.45) is 5.36. The molecule has 2 aliphatic rings. The second-order valence-electron chi connectivity index (χ2n) is 13.2. The summed E-state index contributed by atoms with van der Waals surface area (Å²) in [5.41, 5.74) is 3.65. The zero-order valence-corrected chi connectivity index (χ0v) is 31.9. The van der Waals surface area contributed by atoms with Crippen molar-refractivity contribution in [1.82, 2.24) is 38.2 Å². The summed E-state index contributed by atoms with van der Waals surface area (Å²) in [6, 6.07) is 27.3. The third-order valence-corrected chi connectivity index (χ3v) is 10.2. The quantitative estimate of drug-likeness (QED) is 0.189. The second-order valence-corrected chi connectivity index (χ2v) is 14.1. The Hall–Kier alpha value is -4.33. The molecule has 0 aliphatic carbocycles. The highest BCUT2D eigenvalue weighted by molar-refractivity contribution is 6.31.